The fourth-order valence-electron chi connectivity index (χ4n) is 4.07. The molecular formula is C22H23ClN4O2S. The van der Waals surface area contributed by atoms with E-state index in [9.17, 15) is 8.42 Å². The van der Waals surface area contributed by atoms with Crippen LogP contribution in [0.2, 0.25) is 0 Å². The van der Waals surface area contributed by atoms with Gasteiger partial charge < -0.3 is 10.6 Å². The third-order valence-electron chi connectivity index (χ3n) is 5.72. The zero-order valence-electron chi connectivity index (χ0n) is 16.3. The van der Waals surface area contributed by atoms with Crippen LogP contribution in [0, 0.1) is 0 Å². The van der Waals surface area contributed by atoms with Gasteiger partial charge in [0, 0.05) is 35.6 Å². The Bertz CT molecular complexity index is 1310. The summed E-state index contributed by atoms with van der Waals surface area (Å²) < 4.78 is 27.1. The molecule has 0 atom stereocenters. The number of rotatable bonds is 3. The maximum atomic E-state index is 13.6. The van der Waals surface area contributed by atoms with Crippen LogP contribution in [-0.4, -0.2) is 37.7 Å². The van der Waals surface area contributed by atoms with Gasteiger partial charge in [-0.1, -0.05) is 36.4 Å². The molecule has 30 heavy (non-hydrogen) atoms. The van der Waals surface area contributed by atoms with Crippen molar-refractivity contribution in [2.45, 2.75) is 28.8 Å². The van der Waals surface area contributed by atoms with Gasteiger partial charge in [0.05, 0.1) is 10.4 Å². The smallest absolute Gasteiger partial charge is 0.224 e. The number of hydrogen-bond donors (Lipinski definition) is 2. The number of aromatic amines is 1. The fraction of sp³-hybridized carbons (Fsp3) is 0.227. The first-order valence-electron chi connectivity index (χ1n) is 9.75. The van der Waals surface area contributed by atoms with Crippen molar-refractivity contribution in [1.82, 2.24) is 10.2 Å². The average molecular weight is 443 g/mol. The van der Waals surface area contributed by atoms with Crippen molar-refractivity contribution >= 4 is 49.6 Å². The predicted molar refractivity (Wildman–Crippen MR) is 122 cm³/mol. The summed E-state index contributed by atoms with van der Waals surface area (Å²) in [6.45, 7) is 1.74. The van der Waals surface area contributed by atoms with E-state index in [1.165, 1.54) is 0 Å². The second-order valence-electron chi connectivity index (χ2n) is 7.56. The first-order valence-corrected chi connectivity index (χ1v) is 11.2. The topological polar surface area (TPSA) is 92.1 Å². The van der Waals surface area contributed by atoms with E-state index < -0.39 is 9.84 Å². The Hall–Kier alpha value is -2.61. The number of piperidine rings is 1. The highest BCUT2D eigenvalue weighted by Crippen LogP contribution is 2.33. The summed E-state index contributed by atoms with van der Waals surface area (Å²) >= 11 is 0. The molecule has 8 heteroatoms. The van der Waals surface area contributed by atoms with Gasteiger partial charge in [-0.25, -0.2) is 8.42 Å². The second-order valence-corrected chi connectivity index (χ2v) is 9.41. The molecule has 156 valence electrons. The number of nitrogens with two attached hydrogens (primary N) is 1. The number of anilines is 1. The van der Waals surface area contributed by atoms with E-state index in [0.717, 1.165) is 37.0 Å². The summed E-state index contributed by atoms with van der Waals surface area (Å²) in [5.41, 5.74) is 7.66. The first kappa shape index (κ1) is 20.7. The Kier molecular flexibility index (Phi) is 5.44. The minimum atomic E-state index is -3.76. The van der Waals surface area contributed by atoms with Crippen LogP contribution in [0.4, 0.5) is 5.69 Å². The van der Waals surface area contributed by atoms with Gasteiger partial charge in [-0.2, -0.15) is 5.10 Å². The second kappa shape index (κ2) is 7.91. The number of nitrogens with one attached hydrogen (secondary N) is 1. The molecular weight excluding hydrogens is 420 g/mol. The Morgan fingerprint density at radius 1 is 0.967 bits per heavy atom. The lowest BCUT2D eigenvalue weighted by atomic mass is 10.1. The molecule has 1 saturated heterocycles. The standard InChI is InChI=1S/C22H22N4O2S.ClH/c23-16-10-12-26(13-11-16)17-8-9-20-19(14-17)22(25-24-20)29(27,28)21-7-3-5-15-4-1-2-6-18(15)21;/h1-9,14,16H,10-13,23H2,(H,24,25);1H. The highest BCUT2D eigenvalue weighted by Gasteiger charge is 2.26. The van der Waals surface area contributed by atoms with Crippen molar-refractivity contribution < 1.29 is 8.42 Å². The molecule has 1 fully saturated rings. The molecule has 0 unspecified atom stereocenters. The van der Waals surface area contributed by atoms with Crippen LogP contribution in [0.5, 0.6) is 0 Å². The number of benzene rings is 3. The van der Waals surface area contributed by atoms with Gasteiger partial charge in [-0.05, 0) is 42.5 Å². The van der Waals surface area contributed by atoms with Crippen molar-refractivity contribution in [3.8, 4) is 0 Å². The Morgan fingerprint density at radius 2 is 1.70 bits per heavy atom. The number of fused-ring (bicyclic) bond motifs is 2. The van der Waals surface area contributed by atoms with E-state index in [-0.39, 0.29) is 28.4 Å². The van der Waals surface area contributed by atoms with Crippen LogP contribution in [0.1, 0.15) is 12.8 Å². The molecule has 1 aliphatic heterocycles. The SMILES string of the molecule is Cl.NC1CCN(c2ccc3n[nH]c(S(=O)(=O)c4cccc5ccccc45)c3c2)CC1. The minimum Gasteiger partial charge on any atom is -0.371 e. The molecule has 0 spiro atoms. The summed E-state index contributed by atoms with van der Waals surface area (Å²) in [7, 11) is -3.76. The summed E-state index contributed by atoms with van der Waals surface area (Å²) in [5, 5.41) is 9.38. The van der Waals surface area contributed by atoms with E-state index in [2.05, 4.69) is 15.1 Å². The lowest BCUT2D eigenvalue weighted by Crippen LogP contribution is -2.39. The summed E-state index contributed by atoms with van der Waals surface area (Å²) in [5.74, 6) is 0. The van der Waals surface area contributed by atoms with E-state index >= 15 is 0 Å². The van der Waals surface area contributed by atoms with E-state index in [0.29, 0.717) is 16.3 Å². The Balaban J connectivity index is 0.00000218. The molecule has 0 saturated carbocycles. The van der Waals surface area contributed by atoms with Gasteiger partial charge in [0.1, 0.15) is 0 Å². The number of hydrogen-bond acceptors (Lipinski definition) is 5. The lowest BCUT2D eigenvalue weighted by molar-refractivity contribution is 0.501. The third kappa shape index (κ3) is 3.43. The van der Waals surface area contributed by atoms with Gasteiger partial charge in [0.25, 0.3) is 0 Å². The van der Waals surface area contributed by atoms with Crippen LogP contribution in [-0.2, 0) is 9.84 Å². The first-order chi connectivity index (χ1) is 14.0. The molecule has 1 aromatic heterocycles. The van der Waals surface area contributed by atoms with Crippen molar-refractivity contribution in [2.75, 3.05) is 18.0 Å². The molecule has 0 bridgehead atoms. The van der Waals surface area contributed by atoms with E-state index in [1.54, 1.807) is 12.1 Å². The molecule has 2 heterocycles. The molecule has 0 aliphatic carbocycles. The molecule has 3 N–H and O–H groups in total. The van der Waals surface area contributed by atoms with Gasteiger partial charge >= 0.3 is 0 Å². The largest absolute Gasteiger partial charge is 0.371 e. The maximum absolute atomic E-state index is 13.6. The summed E-state index contributed by atoms with van der Waals surface area (Å²) in [4.78, 5) is 2.54. The monoisotopic (exact) mass is 442 g/mol. The molecule has 5 rings (SSSR count). The molecule has 4 aromatic rings. The third-order valence-corrected chi connectivity index (χ3v) is 7.50. The maximum Gasteiger partial charge on any atom is 0.224 e. The summed E-state index contributed by atoms with van der Waals surface area (Å²) in [6.07, 6.45) is 1.87. The highest BCUT2D eigenvalue weighted by atomic mass is 35.5. The van der Waals surface area contributed by atoms with Crippen LogP contribution in [0.3, 0.4) is 0 Å². The van der Waals surface area contributed by atoms with Gasteiger partial charge in [0.2, 0.25) is 9.84 Å². The quantitative estimate of drug-likeness (QED) is 0.502. The molecule has 0 radical (unpaired) electrons. The van der Waals surface area contributed by atoms with Crippen LogP contribution in [0.25, 0.3) is 21.7 Å². The molecule has 6 nitrogen and oxygen atoms in total. The predicted octanol–water partition coefficient (Wildman–Crippen LogP) is 3.90. The van der Waals surface area contributed by atoms with Crippen molar-refractivity contribution in [3.05, 3.63) is 60.7 Å². The number of nitrogens with zero attached hydrogens (tertiary/aromatic N) is 2. The highest BCUT2D eigenvalue weighted by molar-refractivity contribution is 7.91. The zero-order chi connectivity index (χ0) is 20.0. The van der Waals surface area contributed by atoms with E-state index in [4.69, 9.17) is 5.73 Å². The van der Waals surface area contributed by atoms with Crippen LogP contribution >= 0.6 is 12.4 Å². The van der Waals surface area contributed by atoms with Crippen molar-refractivity contribution in [1.29, 1.82) is 0 Å². The van der Waals surface area contributed by atoms with Crippen molar-refractivity contribution in [3.63, 3.8) is 0 Å². The molecule has 3 aromatic carbocycles. The minimum absolute atomic E-state index is 0. The van der Waals surface area contributed by atoms with E-state index in [1.807, 2.05) is 48.5 Å². The molecule has 1 aliphatic rings. The number of halogens is 1. The fourth-order valence-corrected chi connectivity index (χ4v) is 5.65. The summed E-state index contributed by atoms with van der Waals surface area (Å²) in [6, 6.07) is 18.9. The van der Waals surface area contributed by atoms with Crippen molar-refractivity contribution in [2.24, 2.45) is 5.73 Å². The number of H-pyrrole nitrogens is 1. The normalized spacial score (nSPS) is 15.4. The number of aromatic nitrogens is 2. The van der Waals surface area contributed by atoms with Gasteiger partial charge in [-0.3, -0.25) is 5.10 Å². The van der Waals surface area contributed by atoms with Gasteiger partial charge in [-0.15, -0.1) is 12.4 Å². The van der Waals surface area contributed by atoms with Gasteiger partial charge in [0.15, 0.2) is 5.03 Å². The van der Waals surface area contributed by atoms with Crippen LogP contribution in [0.15, 0.2) is 70.6 Å². The lowest BCUT2D eigenvalue weighted by Gasteiger charge is -2.32. The Morgan fingerprint density at radius 3 is 2.50 bits per heavy atom. The average Bonchev–Trinajstić information content (AvgIpc) is 3.18. The molecule has 0 amide bonds. The van der Waals surface area contributed by atoms with Crippen LogP contribution < -0.4 is 10.6 Å². The zero-order valence-corrected chi connectivity index (χ0v) is 17.9. The number of sulfone groups is 1. The Labute approximate surface area is 181 Å².